The molecule has 2 nitrogen and oxygen atoms in total. The average molecular weight is 279 g/mol. The van der Waals surface area contributed by atoms with E-state index in [-0.39, 0.29) is 5.75 Å². The highest BCUT2D eigenvalue weighted by molar-refractivity contribution is 5.28. The highest BCUT2D eigenvalue weighted by Crippen LogP contribution is 2.26. The Balaban J connectivity index is 2.03. The van der Waals surface area contributed by atoms with E-state index >= 15 is 0 Å². The summed E-state index contributed by atoms with van der Waals surface area (Å²) in [6.07, 6.45) is 6.33. The van der Waals surface area contributed by atoms with Crippen LogP contribution in [0.5, 0.6) is 5.75 Å². The number of nitrogens with zero attached hydrogens (tertiary/aromatic N) is 1. The smallest absolute Gasteiger partial charge is 0.165 e. The number of benzene rings is 1. The van der Waals surface area contributed by atoms with Gasteiger partial charge in [0, 0.05) is 12.6 Å². The van der Waals surface area contributed by atoms with E-state index in [4.69, 9.17) is 0 Å². The monoisotopic (exact) mass is 279 g/mol. The summed E-state index contributed by atoms with van der Waals surface area (Å²) in [6.45, 7) is 6.35. The van der Waals surface area contributed by atoms with Gasteiger partial charge >= 0.3 is 0 Å². The van der Waals surface area contributed by atoms with E-state index in [9.17, 15) is 9.50 Å². The zero-order chi connectivity index (χ0) is 14.5. The first-order valence-corrected chi connectivity index (χ1v) is 7.77. The van der Waals surface area contributed by atoms with Crippen LogP contribution in [0.15, 0.2) is 18.2 Å². The highest BCUT2D eigenvalue weighted by atomic mass is 19.1. The summed E-state index contributed by atoms with van der Waals surface area (Å²) in [5.41, 5.74) is 0.955. The van der Waals surface area contributed by atoms with Crippen molar-refractivity contribution in [1.29, 1.82) is 0 Å². The molecule has 1 saturated carbocycles. The van der Waals surface area contributed by atoms with Crippen LogP contribution in [0.3, 0.4) is 0 Å². The third-order valence-electron chi connectivity index (χ3n) is 4.23. The van der Waals surface area contributed by atoms with Crippen LogP contribution in [0.2, 0.25) is 0 Å². The fourth-order valence-corrected chi connectivity index (χ4v) is 2.97. The van der Waals surface area contributed by atoms with Gasteiger partial charge in [-0.15, -0.1) is 0 Å². The molecule has 1 aliphatic carbocycles. The van der Waals surface area contributed by atoms with Gasteiger partial charge in [0.05, 0.1) is 0 Å². The first kappa shape index (κ1) is 15.3. The van der Waals surface area contributed by atoms with Crippen molar-refractivity contribution in [3.63, 3.8) is 0 Å². The molecule has 0 spiro atoms. The van der Waals surface area contributed by atoms with Crippen LogP contribution in [-0.2, 0) is 6.54 Å². The minimum absolute atomic E-state index is 0.261. The van der Waals surface area contributed by atoms with Crippen LogP contribution in [-0.4, -0.2) is 22.6 Å². The number of hydrogen-bond acceptors (Lipinski definition) is 2. The molecule has 2 rings (SSSR count). The standard InChI is InChI=1S/C17H26FNO/c1-13(2)9-10-19(15-5-3-4-6-15)12-14-7-8-17(20)16(18)11-14/h7-8,11,13,15,20H,3-6,9-10,12H2,1-2H3. The molecule has 112 valence electrons. The Bertz CT molecular complexity index is 427. The maximum absolute atomic E-state index is 13.5. The van der Waals surface area contributed by atoms with Gasteiger partial charge in [0.15, 0.2) is 11.6 Å². The molecule has 0 amide bonds. The van der Waals surface area contributed by atoms with Crippen molar-refractivity contribution in [2.75, 3.05) is 6.54 Å². The summed E-state index contributed by atoms with van der Waals surface area (Å²) < 4.78 is 13.5. The van der Waals surface area contributed by atoms with E-state index in [2.05, 4.69) is 18.7 Å². The molecule has 1 aliphatic rings. The van der Waals surface area contributed by atoms with Crippen molar-refractivity contribution >= 4 is 0 Å². The number of phenols is 1. The zero-order valence-electron chi connectivity index (χ0n) is 12.6. The first-order valence-electron chi connectivity index (χ1n) is 7.77. The van der Waals surface area contributed by atoms with Gasteiger partial charge in [0.1, 0.15) is 0 Å². The highest BCUT2D eigenvalue weighted by Gasteiger charge is 2.22. The van der Waals surface area contributed by atoms with Gasteiger partial charge in [0.2, 0.25) is 0 Å². The van der Waals surface area contributed by atoms with E-state index in [1.807, 2.05) is 6.07 Å². The quantitative estimate of drug-likeness (QED) is 0.838. The van der Waals surface area contributed by atoms with Gasteiger partial charge in [-0.05, 0) is 49.4 Å². The van der Waals surface area contributed by atoms with Crippen molar-refractivity contribution in [2.45, 2.75) is 58.5 Å². The molecule has 0 heterocycles. The Morgan fingerprint density at radius 2 is 2.00 bits per heavy atom. The second-order valence-electron chi connectivity index (χ2n) is 6.38. The second kappa shape index (κ2) is 7.07. The average Bonchev–Trinajstić information content (AvgIpc) is 2.92. The van der Waals surface area contributed by atoms with Gasteiger partial charge in [-0.1, -0.05) is 32.8 Å². The van der Waals surface area contributed by atoms with E-state index in [0.717, 1.165) is 18.7 Å². The summed E-state index contributed by atoms with van der Waals surface area (Å²) in [5, 5.41) is 9.28. The van der Waals surface area contributed by atoms with Crippen molar-refractivity contribution < 1.29 is 9.50 Å². The zero-order valence-corrected chi connectivity index (χ0v) is 12.6. The lowest BCUT2D eigenvalue weighted by atomic mass is 10.1. The molecule has 20 heavy (non-hydrogen) atoms. The molecular weight excluding hydrogens is 253 g/mol. The van der Waals surface area contributed by atoms with Crippen molar-refractivity contribution in [3.05, 3.63) is 29.6 Å². The number of rotatable bonds is 6. The number of halogens is 1. The lowest BCUT2D eigenvalue weighted by Gasteiger charge is -2.29. The molecule has 0 unspecified atom stereocenters. The Kier molecular flexibility index (Phi) is 5.41. The van der Waals surface area contributed by atoms with Crippen LogP contribution in [0, 0.1) is 11.7 Å². The SMILES string of the molecule is CC(C)CCN(Cc1ccc(O)c(F)c1)C1CCCC1. The Morgan fingerprint density at radius 3 is 2.60 bits per heavy atom. The molecule has 0 bridgehead atoms. The van der Waals surface area contributed by atoms with E-state index < -0.39 is 5.82 Å². The van der Waals surface area contributed by atoms with Crippen molar-refractivity contribution in [3.8, 4) is 5.75 Å². The third-order valence-corrected chi connectivity index (χ3v) is 4.23. The molecule has 1 fully saturated rings. The minimum atomic E-state index is -0.516. The molecule has 0 aliphatic heterocycles. The van der Waals surface area contributed by atoms with Gasteiger partial charge < -0.3 is 5.11 Å². The number of aromatic hydroxyl groups is 1. The summed E-state index contributed by atoms with van der Waals surface area (Å²) in [6, 6.07) is 5.40. The Hall–Kier alpha value is -1.09. The van der Waals surface area contributed by atoms with E-state index in [0.29, 0.717) is 12.0 Å². The van der Waals surface area contributed by atoms with E-state index in [1.165, 1.54) is 44.2 Å². The van der Waals surface area contributed by atoms with Crippen molar-refractivity contribution in [2.24, 2.45) is 5.92 Å². The lowest BCUT2D eigenvalue weighted by molar-refractivity contribution is 0.179. The van der Waals surface area contributed by atoms with Crippen LogP contribution in [0.1, 0.15) is 51.5 Å². The van der Waals surface area contributed by atoms with Crippen molar-refractivity contribution in [1.82, 2.24) is 4.90 Å². The molecule has 1 aromatic carbocycles. The van der Waals surface area contributed by atoms with Gasteiger partial charge in [-0.25, -0.2) is 4.39 Å². The Labute approximate surface area is 121 Å². The lowest BCUT2D eigenvalue weighted by Crippen LogP contribution is -2.34. The van der Waals surface area contributed by atoms with Gasteiger partial charge in [0.25, 0.3) is 0 Å². The molecule has 1 aromatic rings. The second-order valence-corrected chi connectivity index (χ2v) is 6.38. The molecule has 0 radical (unpaired) electrons. The van der Waals surface area contributed by atoms with Crippen LogP contribution in [0.25, 0.3) is 0 Å². The molecule has 0 atom stereocenters. The maximum Gasteiger partial charge on any atom is 0.165 e. The third kappa shape index (κ3) is 4.20. The van der Waals surface area contributed by atoms with Gasteiger partial charge in [-0.2, -0.15) is 0 Å². The molecule has 1 N–H and O–H groups in total. The fourth-order valence-electron chi connectivity index (χ4n) is 2.97. The molecule has 0 saturated heterocycles. The summed E-state index contributed by atoms with van der Waals surface area (Å²) in [7, 11) is 0. The van der Waals surface area contributed by atoms with Crippen LogP contribution in [0.4, 0.5) is 4.39 Å². The summed E-state index contributed by atoms with van der Waals surface area (Å²) in [4.78, 5) is 2.50. The Morgan fingerprint density at radius 1 is 1.30 bits per heavy atom. The van der Waals surface area contributed by atoms with E-state index in [1.54, 1.807) is 0 Å². The molecular formula is C17H26FNO. The molecule has 0 aromatic heterocycles. The predicted molar refractivity (Wildman–Crippen MR) is 80.2 cm³/mol. The fraction of sp³-hybridized carbons (Fsp3) is 0.647. The largest absolute Gasteiger partial charge is 0.505 e. The normalized spacial score (nSPS) is 16.4. The van der Waals surface area contributed by atoms with Crippen LogP contribution < -0.4 is 0 Å². The topological polar surface area (TPSA) is 23.5 Å². The number of hydrogen-bond donors (Lipinski definition) is 1. The first-order chi connectivity index (χ1) is 9.56. The molecule has 3 heteroatoms. The predicted octanol–water partition coefficient (Wildman–Crippen LogP) is 4.32. The number of phenolic OH excluding ortho intramolecular Hbond substituents is 1. The van der Waals surface area contributed by atoms with Gasteiger partial charge in [-0.3, -0.25) is 4.90 Å². The summed E-state index contributed by atoms with van der Waals surface area (Å²) >= 11 is 0. The maximum atomic E-state index is 13.5. The van der Waals surface area contributed by atoms with Crippen LogP contribution >= 0.6 is 0 Å². The summed E-state index contributed by atoms with van der Waals surface area (Å²) in [5.74, 6) is -0.0865. The minimum Gasteiger partial charge on any atom is -0.505 e.